The highest BCUT2D eigenvalue weighted by molar-refractivity contribution is 9.10. The average Bonchev–Trinajstić information content (AvgIpc) is 3.00. The van der Waals surface area contributed by atoms with Crippen LogP contribution in [0.5, 0.6) is 0 Å². The Kier molecular flexibility index (Phi) is 2.17. The van der Waals surface area contributed by atoms with Crippen LogP contribution in [0.2, 0.25) is 0 Å². The Morgan fingerprint density at radius 2 is 2.19 bits per heavy atom. The first-order valence-corrected chi connectivity index (χ1v) is 6.41. The van der Waals surface area contributed by atoms with Gasteiger partial charge < -0.3 is 10.3 Å². The molecule has 0 unspecified atom stereocenters. The van der Waals surface area contributed by atoms with Crippen molar-refractivity contribution >= 4 is 26.8 Å². The monoisotopic (exact) mass is 278 g/mol. The summed E-state index contributed by atoms with van der Waals surface area (Å²) in [6, 6.07) is 6.46. The number of aryl methyl sites for hydroxylation is 1. The fourth-order valence-electron chi connectivity index (χ4n) is 2.52. The summed E-state index contributed by atoms with van der Waals surface area (Å²) in [6.45, 7) is 0.763. The van der Waals surface area contributed by atoms with Gasteiger partial charge in [0, 0.05) is 40.6 Å². The van der Waals surface area contributed by atoms with E-state index in [-0.39, 0.29) is 5.41 Å². The third kappa shape index (κ3) is 1.35. The number of hydrogen-bond donors (Lipinski definition) is 1. The quantitative estimate of drug-likeness (QED) is 0.900. The van der Waals surface area contributed by atoms with Crippen molar-refractivity contribution in [2.75, 3.05) is 6.54 Å². The van der Waals surface area contributed by atoms with Crippen LogP contribution in [0.3, 0.4) is 0 Å². The van der Waals surface area contributed by atoms with E-state index in [1.807, 2.05) is 0 Å². The van der Waals surface area contributed by atoms with Gasteiger partial charge in [0.25, 0.3) is 0 Å². The van der Waals surface area contributed by atoms with Gasteiger partial charge >= 0.3 is 0 Å². The van der Waals surface area contributed by atoms with E-state index in [9.17, 15) is 0 Å². The Balaban J connectivity index is 2.29. The molecule has 3 rings (SSSR count). The van der Waals surface area contributed by atoms with Crippen LogP contribution >= 0.6 is 15.9 Å². The molecule has 2 N–H and O–H groups in total. The number of benzene rings is 1. The van der Waals surface area contributed by atoms with Crippen LogP contribution in [0.15, 0.2) is 28.9 Å². The van der Waals surface area contributed by atoms with Crippen molar-refractivity contribution in [1.29, 1.82) is 0 Å². The number of nitrogens with zero attached hydrogens (tertiary/aromatic N) is 1. The molecule has 0 atom stereocenters. The molecule has 2 aromatic rings. The summed E-state index contributed by atoms with van der Waals surface area (Å²) in [5, 5.41) is 1.35. The summed E-state index contributed by atoms with van der Waals surface area (Å²) in [6.07, 6.45) is 4.71. The first-order chi connectivity index (χ1) is 7.66. The maximum absolute atomic E-state index is 5.92. The molecule has 1 saturated carbocycles. The Hall–Kier alpha value is -0.800. The fourth-order valence-corrected chi connectivity index (χ4v) is 2.88. The second-order valence-corrected chi connectivity index (χ2v) is 5.72. The summed E-state index contributed by atoms with van der Waals surface area (Å²) in [5.74, 6) is 0. The van der Waals surface area contributed by atoms with Crippen LogP contribution < -0.4 is 5.73 Å². The zero-order valence-corrected chi connectivity index (χ0v) is 10.9. The largest absolute Gasteiger partial charge is 0.350 e. The van der Waals surface area contributed by atoms with Crippen molar-refractivity contribution in [3.8, 4) is 0 Å². The highest BCUT2D eigenvalue weighted by Gasteiger charge is 2.44. The van der Waals surface area contributed by atoms with Gasteiger partial charge in [-0.15, -0.1) is 0 Å². The maximum Gasteiger partial charge on any atom is 0.0481 e. The minimum atomic E-state index is 0.264. The Morgan fingerprint density at radius 3 is 2.81 bits per heavy atom. The molecule has 3 heteroatoms. The van der Waals surface area contributed by atoms with Crippen molar-refractivity contribution in [3.63, 3.8) is 0 Å². The maximum atomic E-state index is 5.92. The lowest BCUT2D eigenvalue weighted by Crippen LogP contribution is -2.19. The Morgan fingerprint density at radius 1 is 1.44 bits per heavy atom. The molecule has 1 heterocycles. The number of nitrogens with two attached hydrogens (primary N) is 1. The van der Waals surface area contributed by atoms with Gasteiger partial charge in [0.15, 0.2) is 0 Å². The molecular weight excluding hydrogens is 264 g/mol. The van der Waals surface area contributed by atoms with Gasteiger partial charge in [0.1, 0.15) is 0 Å². The minimum absolute atomic E-state index is 0.264. The number of hydrogen-bond acceptors (Lipinski definition) is 1. The highest BCUT2D eigenvalue weighted by atomic mass is 79.9. The minimum Gasteiger partial charge on any atom is -0.350 e. The number of aromatic nitrogens is 1. The van der Waals surface area contributed by atoms with E-state index in [4.69, 9.17) is 5.73 Å². The first kappa shape index (κ1) is 10.4. The van der Waals surface area contributed by atoms with Crippen LogP contribution in [-0.4, -0.2) is 11.1 Å². The van der Waals surface area contributed by atoms with Gasteiger partial charge in [0.2, 0.25) is 0 Å². The molecule has 0 radical (unpaired) electrons. The van der Waals surface area contributed by atoms with E-state index in [2.05, 4.69) is 51.9 Å². The van der Waals surface area contributed by atoms with E-state index in [0.717, 1.165) is 11.0 Å². The predicted molar refractivity (Wildman–Crippen MR) is 70.6 cm³/mol. The van der Waals surface area contributed by atoms with Crippen LogP contribution in [0.1, 0.15) is 18.4 Å². The number of rotatable bonds is 2. The summed E-state index contributed by atoms with van der Waals surface area (Å²) in [5.41, 5.74) is 8.90. The zero-order valence-electron chi connectivity index (χ0n) is 9.33. The lowest BCUT2D eigenvalue weighted by atomic mass is 9.96. The molecule has 2 nitrogen and oxygen atoms in total. The van der Waals surface area contributed by atoms with Crippen LogP contribution in [-0.2, 0) is 12.5 Å². The van der Waals surface area contributed by atoms with E-state index >= 15 is 0 Å². The van der Waals surface area contributed by atoms with Gasteiger partial charge in [-0.3, -0.25) is 0 Å². The molecule has 1 fully saturated rings. The van der Waals surface area contributed by atoms with Gasteiger partial charge in [0.05, 0.1) is 0 Å². The molecule has 84 valence electrons. The molecule has 1 aromatic carbocycles. The third-order valence-electron chi connectivity index (χ3n) is 3.77. The molecule has 0 saturated heterocycles. The van der Waals surface area contributed by atoms with Gasteiger partial charge in [-0.1, -0.05) is 15.9 Å². The van der Waals surface area contributed by atoms with Gasteiger partial charge in [-0.05, 0) is 36.6 Å². The zero-order chi connectivity index (χ0) is 11.3. The van der Waals surface area contributed by atoms with Crippen LogP contribution in [0, 0.1) is 0 Å². The smallest absolute Gasteiger partial charge is 0.0481 e. The molecule has 0 spiro atoms. The number of halogens is 1. The predicted octanol–water partition coefficient (Wildman–Crippen LogP) is 2.93. The molecule has 1 aliphatic carbocycles. The van der Waals surface area contributed by atoms with Crippen molar-refractivity contribution in [3.05, 3.63) is 34.4 Å². The molecule has 0 aliphatic heterocycles. The summed E-state index contributed by atoms with van der Waals surface area (Å²) >= 11 is 3.54. The normalized spacial score (nSPS) is 17.9. The standard InChI is InChI=1S/C13H15BrN2/c1-16-7-11(13(8-15)4-5-13)10-6-9(14)2-3-12(10)16/h2-3,6-7H,4-5,8,15H2,1H3. The lowest BCUT2D eigenvalue weighted by Gasteiger charge is -2.10. The van der Waals surface area contributed by atoms with Crippen LogP contribution in [0.25, 0.3) is 10.9 Å². The summed E-state index contributed by atoms with van der Waals surface area (Å²) in [4.78, 5) is 0. The van der Waals surface area contributed by atoms with E-state index < -0.39 is 0 Å². The van der Waals surface area contributed by atoms with Crippen molar-refractivity contribution in [2.24, 2.45) is 12.8 Å². The van der Waals surface area contributed by atoms with E-state index in [0.29, 0.717) is 0 Å². The summed E-state index contributed by atoms with van der Waals surface area (Å²) < 4.78 is 3.34. The molecular formula is C13H15BrN2. The van der Waals surface area contributed by atoms with Crippen molar-refractivity contribution in [2.45, 2.75) is 18.3 Å². The molecule has 0 amide bonds. The van der Waals surface area contributed by atoms with Crippen molar-refractivity contribution < 1.29 is 0 Å². The fraction of sp³-hybridized carbons (Fsp3) is 0.385. The molecule has 1 aliphatic rings. The third-order valence-corrected chi connectivity index (χ3v) is 4.26. The van der Waals surface area contributed by atoms with E-state index in [1.54, 1.807) is 0 Å². The SMILES string of the molecule is Cn1cc(C2(CN)CC2)c2cc(Br)ccc21. The van der Waals surface area contributed by atoms with Crippen LogP contribution in [0.4, 0.5) is 0 Å². The van der Waals surface area contributed by atoms with Crippen molar-refractivity contribution in [1.82, 2.24) is 4.57 Å². The number of fused-ring (bicyclic) bond motifs is 1. The first-order valence-electron chi connectivity index (χ1n) is 5.61. The average molecular weight is 279 g/mol. The lowest BCUT2D eigenvalue weighted by molar-refractivity contribution is 0.706. The topological polar surface area (TPSA) is 30.9 Å². The second-order valence-electron chi connectivity index (χ2n) is 4.80. The Labute approximate surface area is 104 Å². The molecule has 1 aromatic heterocycles. The molecule has 0 bridgehead atoms. The van der Waals surface area contributed by atoms with Gasteiger partial charge in [-0.25, -0.2) is 0 Å². The summed E-state index contributed by atoms with van der Waals surface area (Å²) in [7, 11) is 2.10. The molecule has 16 heavy (non-hydrogen) atoms. The Bertz CT molecular complexity index is 552. The van der Waals surface area contributed by atoms with Gasteiger partial charge in [-0.2, -0.15) is 0 Å². The highest BCUT2D eigenvalue weighted by Crippen LogP contribution is 2.50. The second kappa shape index (κ2) is 3.34. The van der Waals surface area contributed by atoms with E-state index in [1.165, 1.54) is 29.3 Å².